The number of fused-ring (bicyclic) bond motifs is 1. The Balaban J connectivity index is 1.79. The van der Waals surface area contributed by atoms with Crippen molar-refractivity contribution in [2.45, 2.75) is 51.6 Å². The van der Waals surface area contributed by atoms with Gasteiger partial charge in [-0.2, -0.15) is 0 Å². The molecular weight excluding hydrogens is 274 g/mol. The van der Waals surface area contributed by atoms with E-state index in [-0.39, 0.29) is 0 Å². The van der Waals surface area contributed by atoms with E-state index in [0.29, 0.717) is 11.8 Å². The maximum absolute atomic E-state index is 9.96. The van der Waals surface area contributed by atoms with Crippen molar-refractivity contribution < 1.29 is 9.84 Å². The van der Waals surface area contributed by atoms with E-state index in [2.05, 4.69) is 43.1 Å². The SMILES string of the molecule is CC(C)CCOc1cnc2c(C3CC(C)(O)C3)cccc2c1. The zero-order valence-electron chi connectivity index (χ0n) is 13.7. The van der Waals surface area contributed by atoms with Gasteiger partial charge in [0.25, 0.3) is 0 Å². The fraction of sp³-hybridized carbons (Fsp3) is 0.526. The molecule has 1 aliphatic rings. The summed E-state index contributed by atoms with van der Waals surface area (Å²) in [6, 6.07) is 8.36. The maximum atomic E-state index is 9.96. The van der Waals surface area contributed by atoms with E-state index in [1.54, 1.807) is 0 Å². The van der Waals surface area contributed by atoms with Gasteiger partial charge in [0, 0.05) is 5.39 Å². The summed E-state index contributed by atoms with van der Waals surface area (Å²) in [5.41, 5.74) is 1.78. The number of aliphatic hydroxyl groups is 1. The van der Waals surface area contributed by atoms with Crippen LogP contribution < -0.4 is 4.74 Å². The average Bonchev–Trinajstić information content (AvgIpc) is 2.43. The molecule has 1 aromatic carbocycles. The van der Waals surface area contributed by atoms with Crippen molar-refractivity contribution in [1.29, 1.82) is 0 Å². The molecule has 0 spiro atoms. The molecule has 1 aliphatic carbocycles. The summed E-state index contributed by atoms with van der Waals surface area (Å²) in [6.45, 7) is 7.03. The molecule has 0 bridgehead atoms. The molecule has 0 radical (unpaired) electrons. The molecule has 1 aromatic heterocycles. The Morgan fingerprint density at radius 3 is 2.82 bits per heavy atom. The molecule has 1 saturated carbocycles. The summed E-state index contributed by atoms with van der Waals surface area (Å²) in [6.07, 6.45) is 4.51. The highest BCUT2D eigenvalue weighted by molar-refractivity contribution is 5.83. The van der Waals surface area contributed by atoms with Crippen LogP contribution in [0.2, 0.25) is 0 Å². The summed E-state index contributed by atoms with van der Waals surface area (Å²) in [7, 11) is 0. The van der Waals surface area contributed by atoms with Gasteiger partial charge in [0.2, 0.25) is 0 Å². The van der Waals surface area contributed by atoms with E-state index in [9.17, 15) is 5.11 Å². The number of ether oxygens (including phenoxy) is 1. The van der Waals surface area contributed by atoms with E-state index in [1.165, 1.54) is 5.56 Å². The van der Waals surface area contributed by atoms with Gasteiger partial charge in [-0.1, -0.05) is 32.0 Å². The molecule has 0 amide bonds. The first-order valence-corrected chi connectivity index (χ1v) is 8.18. The van der Waals surface area contributed by atoms with Crippen molar-refractivity contribution in [3.8, 4) is 5.75 Å². The lowest BCUT2D eigenvalue weighted by molar-refractivity contribution is -0.0310. The highest BCUT2D eigenvalue weighted by Gasteiger charge is 2.39. The van der Waals surface area contributed by atoms with Crippen LogP contribution in [-0.4, -0.2) is 22.3 Å². The first-order chi connectivity index (χ1) is 10.4. The third-order valence-corrected chi connectivity index (χ3v) is 4.49. The molecule has 3 nitrogen and oxygen atoms in total. The summed E-state index contributed by atoms with van der Waals surface area (Å²) < 4.78 is 5.80. The lowest BCUT2D eigenvalue weighted by atomic mass is 9.68. The van der Waals surface area contributed by atoms with Gasteiger partial charge < -0.3 is 9.84 Å². The minimum Gasteiger partial charge on any atom is -0.492 e. The molecule has 0 atom stereocenters. The van der Waals surface area contributed by atoms with Crippen LogP contribution in [0.3, 0.4) is 0 Å². The van der Waals surface area contributed by atoms with Gasteiger partial charge in [-0.05, 0) is 49.7 Å². The summed E-state index contributed by atoms with van der Waals surface area (Å²) in [5.74, 6) is 1.90. The van der Waals surface area contributed by atoms with Gasteiger partial charge in [-0.15, -0.1) is 0 Å². The number of rotatable bonds is 5. The van der Waals surface area contributed by atoms with Crippen molar-refractivity contribution in [3.63, 3.8) is 0 Å². The molecule has 0 aliphatic heterocycles. The second-order valence-electron chi connectivity index (χ2n) is 7.22. The van der Waals surface area contributed by atoms with Crippen LogP contribution in [0.25, 0.3) is 10.9 Å². The molecule has 0 saturated heterocycles. The van der Waals surface area contributed by atoms with Crippen LogP contribution >= 0.6 is 0 Å². The van der Waals surface area contributed by atoms with Crippen molar-refractivity contribution >= 4 is 10.9 Å². The Morgan fingerprint density at radius 2 is 2.14 bits per heavy atom. The van der Waals surface area contributed by atoms with E-state index >= 15 is 0 Å². The van der Waals surface area contributed by atoms with Crippen LogP contribution in [0.15, 0.2) is 30.5 Å². The van der Waals surface area contributed by atoms with Gasteiger partial charge >= 0.3 is 0 Å². The van der Waals surface area contributed by atoms with Crippen LogP contribution in [0.4, 0.5) is 0 Å². The fourth-order valence-electron chi connectivity index (χ4n) is 3.21. The molecule has 1 heterocycles. The van der Waals surface area contributed by atoms with Crippen LogP contribution in [0.5, 0.6) is 5.75 Å². The largest absolute Gasteiger partial charge is 0.492 e. The highest BCUT2D eigenvalue weighted by Crippen LogP contribution is 2.45. The van der Waals surface area contributed by atoms with Crippen LogP contribution in [-0.2, 0) is 0 Å². The molecule has 0 unspecified atom stereocenters. The van der Waals surface area contributed by atoms with Gasteiger partial charge in [0.05, 0.1) is 23.9 Å². The second kappa shape index (κ2) is 5.88. The Kier molecular flexibility index (Phi) is 4.09. The molecule has 22 heavy (non-hydrogen) atoms. The van der Waals surface area contributed by atoms with Crippen molar-refractivity contribution in [2.24, 2.45) is 5.92 Å². The van der Waals surface area contributed by atoms with Gasteiger partial charge in [-0.3, -0.25) is 4.98 Å². The third-order valence-electron chi connectivity index (χ3n) is 4.49. The van der Waals surface area contributed by atoms with Gasteiger partial charge in [0.1, 0.15) is 5.75 Å². The van der Waals surface area contributed by atoms with Gasteiger partial charge in [0.15, 0.2) is 0 Å². The summed E-state index contributed by atoms with van der Waals surface area (Å²) in [4.78, 5) is 4.62. The highest BCUT2D eigenvalue weighted by atomic mass is 16.5. The minimum absolute atomic E-state index is 0.416. The quantitative estimate of drug-likeness (QED) is 0.895. The number of hydrogen-bond donors (Lipinski definition) is 1. The molecule has 2 aromatic rings. The number of nitrogens with zero attached hydrogens (tertiary/aromatic N) is 1. The van der Waals surface area contributed by atoms with Crippen molar-refractivity contribution in [2.75, 3.05) is 6.61 Å². The normalized spacial score (nSPS) is 24.5. The lowest BCUT2D eigenvalue weighted by Gasteiger charge is -2.41. The van der Waals surface area contributed by atoms with E-state index in [4.69, 9.17) is 4.74 Å². The van der Waals surface area contributed by atoms with Gasteiger partial charge in [-0.25, -0.2) is 0 Å². The first kappa shape index (κ1) is 15.3. The Hall–Kier alpha value is -1.61. The Labute approximate surface area is 132 Å². The number of hydrogen-bond acceptors (Lipinski definition) is 3. The van der Waals surface area contributed by atoms with Crippen LogP contribution in [0, 0.1) is 5.92 Å². The molecule has 118 valence electrons. The minimum atomic E-state index is -0.507. The number of para-hydroxylation sites is 1. The molecule has 3 rings (SSSR count). The first-order valence-electron chi connectivity index (χ1n) is 8.18. The number of pyridine rings is 1. The van der Waals surface area contributed by atoms with Crippen molar-refractivity contribution in [1.82, 2.24) is 4.98 Å². The van der Waals surface area contributed by atoms with E-state index in [1.807, 2.05) is 13.1 Å². The molecule has 3 heteroatoms. The Bertz CT molecular complexity index is 656. The van der Waals surface area contributed by atoms with E-state index in [0.717, 1.165) is 42.5 Å². The predicted molar refractivity (Wildman–Crippen MR) is 89.3 cm³/mol. The molecular formula is C19H25NO2. The predicted octanol–water partition coefficient (Wildman–Crippen LogP) is 4.29. The topological polar surface area (TPSA) is 42.4 Å². The summed E-state index contributed by atoms with van der Waals surface area (Å²) >= 11 is 0. The molecule has 1 fully saturated rings. The maximum Gasteiger partial charge on any atom is 0.138 e. The number of benzene rings is 1. The Morgan fingerprint density at radius 1 is 1.36 bits per heavy atom. The standard InChI is InChI=1S/C19H25NO2/c1-13(2)7-8-22-16-9-14-5-4-6-17(18(14)20-12-16)15-10-19(3,21)11-15/h4-6,9,12-13,15,21H,7-8,10-11H2,1-3H3. The molecule has 1 N–H and O–H groups in total. The fourth-order valence-corrected chi connectivity index (χ4v) is 3.21. The van der Waals surface area contributed by atoms with Crippen LogP contribution in [0.1, 0.15) is 51.5 Å². The lowest BCUT2D eigenvalue weighted by Crippen LogP contribution is -2.39. The van der Waals surface area contributed by atoms with E-state index < -0.39 is 5.60 Å². The average molecular weight is 299 g/mol. The zero-order chi connectivity index (χ0) is 15.7. The third kappa shape index (κ3) is 3.25. The summed E-state index contributed by atoms with van der Waals surface area (Å²) in [5, 5.41) is 11.1. The number of aromatic nitrogens is 1. The smallest absolute Gasteiger partial charge is 0.138 e. The zero-order valence-corrected chi connectivity index (χ0v) is 13.7. The van der Waals surface area contributed by atoms with Crippen molar-refractivity contribution in [3.05, 3.63) is 36.0 Å². The second-order valence-corrected chi connectivity index (χ2v) is 7.22. The monoisotopic (exact) mass is 299 g/mol.